The molecule has 0 unspecified atom stereocenters. The molecule has 20 rings (SSSR count). The lowest BCUT2D eigenvalue weighted by Crippen LogP contribution is -2.10. The minimum atomic E-state index is 1.07. The number of hydrogen-bond acceptors (Lipinski definition) is 4. The molecule has 0 N–H and O–H groups in total. The average Bonchev–Trinajstić information content (AvgIpc) is 0.705. The lowest BCUT2D eigenvalue weighted by atomic mass is 9.82. The maximum Gasteiger partial charge on any atom is 0.0540 e. The van der Waals surface area contributed by atoms with Crippen molar-refractivity contribution in [2.45, 2.75) is 0 Å². The summed E-state index contributed by atoms with van der Waals surface area (Å²) in [5.41, 5.74) is 22.3. The van der Waals surface area contributed by atoms with E-state index in [1.54, 1.807) is 0 Å². The normalized spacial score (nSPS) is 11.5. The Morgan fingerprint density at radius 2 is 0.315 bits per heavy atom. The van der Waals surface area contributed by atoms with E-state index in [2.05, 4.69) is 444 Å². The zero-order chi connectivity index (χ0) is 71.4. The number of para-hydroxylation sites is 4. The second-order valence-electron chi connectivity index (χ2n) is 27.9. The van der Waals surface area contributed by atoms with Crippen LogP contribution in [0.4, 0.5) is 68.2 Å². The molecule has 0 spiro atoms. The summed E-state index contributed by atoms with van der Waals surface area (Å²) < 4.78 is 0. The quantitative estimate of drug-likeness (QED) is 0.0894. The van der Waals surface area contributed by atoms with Gasteiger partial charge in [0, 0.05) is 67.0 Å². The van der Waals surface area contributed by atoms with Crippen LogP contribution in [0.25, 0.3) is 120 Å². The van der Waals surface area contributed by atoms with Gasteiger partial charge in [-0.2, -0.15) is 0 Å². The van der Waals surface area contributed by atoms with E-state index in [0.29, 0.717) is 0 Å². The van der Waals surface area contributed by atoms with Crippen LogP contribution in [0.5, 0.6) is 0 Å². The van der Waals surface area contributed by atoms with Crippen molar-refractivity contribution in [1.29, 1.82) is 0 Å². The third kappa shape index (κ3) is 11.2. The van der Waals surface area contributed by atoms with Gasteiger partial charge in [-0.25, -0.2) is 0 Å². The summed E-state index contributed by atoms with van der Waals surface area (Å²) in [7, 11) is 0. The van der Waals surface area contributed by atoms with Crippen LogP contribution in [0, 0.1) is 0 Å². The van der Waals surface area contributed by atoms with Crippen molar-refractivity contribution in [2.75, 3.05) is 19.6 Å². The minimum absolute atomic E-state index is 1.07. The van der Waals surface area contributed by atoms with Gasteiger partial charge in [-0.05, 0) is 232 Å². The highest BCUT2D eigenvalue weighted by atomic mass is 15.2. The average molecular weight is 1380 g/mol. The number of anilines is 12. The fraction of sp³-hybridized carbons (Fsp3) is 0. The molecule has 506 valence electrons. The molecule has 0 aliphatic carbocycles. The number of benzene rings is 20. The van der Waals surface area contributed by atoms with E-state index < -0.39 is 0 Å². The van der Waals surface area contributed by atoms with Crippen molar-refractivity contribution < 1.29 is 0 Å². The maximum absolute atomic E-state index is 2.47. The molecule has 20 aromatic carbocycles. The van der Waals surface area contributed by atoms with Crippen molar-refractivity contribution in [3.05, 3.63) is 425 Å². The fourth-order valence-electron chi connectivity index (χ4n) is 16.7. The highest BCUT2D eigenvalue weighted by Gasteiger charge is 2.26. The van der Waals surface area contributed by atoms with Crippen LogP contribution < -0.4 is 19.6 Å². The van der Waals surface area contributed by atoms with Crippen molar-refractivity contribution in [3.63, 3.8) is 0 Å². The molecule has 0 aromatic heterocycles. The second kappa shape index (κ2) is 27.1. The largest absolute Gasteiger partial charge is 0.310 e. The van der Waals surface area contributed by atoms with E-state index in [4.69, 9.17) is 0 Å². The Labute approximate surface area is 628 Å². The summed E-state index contributed by atoms with van der Waals surface area (Å²) in [4.78, 5) is 9.59. The molecule has 0 saturated carbocycles. The standard InChI is InChI=1S/C104H70N4/c1-5-33-79(34-6-1)105(99-45-21-29-71-25-13-17-41-87(71)99)83-57-49-75(50-58-83)95-69-96(76-51-59-84(60-52-76)106(80-35-7-2-8-36-80)100-46-22-30-72-26-14-18-42-88(72)100)92-67-68-94-98(78-55-63-86(64-56-78)108(82-39-11-4-12-40-82)102-48-24-32-74-28-16-20-44-90(74)102)70-97(93-66-65-91(95)103(92)104(93)94)77-53-61-85(62-54-77)107(81-37-9-3-10-38-81)101-47-23-31-73-27-15-19-43-89(73)101/h1-70H. The van der Waals surface area contributed by atoms with Crippen molar-refractivity contribution in [1.82, 2.24) is 0 Å². The summed E-state index contributed by atoms with van der Waals surface area (Å²) >= 11 is 0. The first-order chi connectivity index (χ1) is 53.6. The summed E-state index contributed by atoms with van der Waals surface area (Å²) in [6, 6.07) is 156. The van der Waals surface area contributed by atoms with E-state index >= 15 is 0 Å². The summed E-state index contributed by atoms with van der Waals surface area (Å²) in [6.07, 6.45) is 0. The molecule has 0 saturated heterocycles. The van der Waals surface area contributed by atoms with E-state index in [1.807, 2.05) is 0 Å². The number of nitrogens with zero attached hydrogens (tertiary/aromatic N) is 4. The van der Waals surface area contributed by atoms with Crippen LogP contribution in [0.2, 0.25) is 0 Å². The van der Waals surface area contributed by atoms with Gasteiger partial charge in [0.25, 0.3) is 0 Å². The topological polar surface area (TPSA) is 13.0 Å². The van der Waals surface area contributed by atoms with Crippen LogP contribution in [-0.2, 0) is 0 Å². The van der Waals surface area contributed by atoms with Gasteiger partial charge >= 0.3 is 0 Å². The Hall–Kier alpha value is -14.3. The molecule has 0 aliphatic rings. The van der Waals surface area contributed by atoms with Crippen LogP contribution in [0.15, 0.2) is 425 Å². The highest BCUT2D eigenvalue weighted by molar-refractivity contribution is 6.32. The Balaban J connectivity index is 0.810. The van der Waals surface area contributed by atoms with Gasteiger partial charge in [0.2, 0.25) is 0 Å². The molecule has 0 radical (unpaired) electrons. The Morgan fingerprint density at radius 1 is 0.130 bits per heavy atom. The Bertz CT molecular complexity index is 5870. The van der Waals surface area contributed by atoms with Gasteiger partial charge in [0.1, 0.15) is 0 Å². The van der Waals surface area contributed by atoms with Crippen LogP contribution in [0.3, 0.4) is 0 Å². The van der Waals surface area contributed by atoms with Crippen LogP contribution in [-0.4, -0.2) is 0 Å². The highest BCUT2D eigenvalue weighted by Crippen LogP contribution is 2.52. The predicted octanol–water partition coefficient (Wildman–Crippen LogP) is 29.7. The van der Waals surface area contributed by atoms with Gasteiger partial charge < -0.3 is 19.6 Å². The van der Waals surface area contributed by atoms with Crippen LogP contribution in [0.1, 0.15) is 0 Å². The fourth-order valence-corrected chi connectivity index (χ4v) is 16.7. The first kappa shape index (κ1) is 63.4. The summed E-state index contributed by atoms with van der Waals surface area (Å²) in [6.45, 7) is 0. The lowest BCUT2D eigenvalue weighted by Gasteiger charge is -2.28. The monoisotopic (exact) mass is 1370 g/mol. The lowest BCUT2D eigenvalue weighted by molar-refractivity contribution is 1.30. The minimum Gasteiger partial charge on any atom is -0.310 e. The summed E-state index contributed by atoms with van der Waals surface area (Å²) in [5, 5.41) is 16.7. The molecule has 20 aromatic rings. The molecule has 4 nitrogen and oxygen atoms in total. The van der Waals surface area contributed by atoms with E-state index in [-0.39, 0.29) is 0 Å². The Morgan fingerprint density at radius 3 is 0.537 bits per heavy atom. The summed E-state index contributed by atoms with van der Waals surface area (Å²) in [5.74, 6) is 0. The zero-order valence-corrected chi connectivity index (χ0v) is 59.2. The predicted molar refractivity (Wildman–Crippen MR) is 461 cm³/mol. The molecule has 0 atom stereocenters. The molecule has 0 heterocycles. The molecule has 4 heteroatoms. The molecular weight excluding hydrogens is 1310 g/mol. The van der Waals surface area contributed by atoms with Gasteiger partial charge in [0.15, 0.2) is 0 Å². The maximum atomic E-state index is 2.47. The first-order valence-corrected chi connectivity index (χ1v) is 37.1. The van der Waals surface area contributed by atoms with Gasteiger partial charge in [-0.1, -0.05) is 291 Å². The van der Waals surface area contributed by atoms with Gasteiger partial charge in [-0.15, -0.1) is 0 Å². The Kier molecular flexibility index (Phi) is 15.9. The van der Waals surface area contributed by atoms with Gasteiger partial charge in [0.05, 0.1) is 22.7 Å². The molecule has 0 aliphatic heterocycles. The molecular formula is C104H70N4. The van der Waals surface area contributed by atoms with Crippen LogP contribution >= 0.6 is 0 Å². The molecule has 0 bridgehead atoms. The third-order valence-electron chi connectivity index (χ3n) is 21.7. The first-order valence-electron chi connectivity index (χ1n) is 37.1. The molecule has 0 amide bonds. The number of fused-ring (bicyclic) bond motifs is 4. The van der Waals surface area contributed by atoms with Crippen molar-refractivity contribution in [3.8, 4) is 44.5 Å². The van der Waals surface area contributed by atoms with Gasteiger partial charge in [-0.3, -0.25) is 0 Å². The number of hydrogen-bond donors (Lipinski definition) is 0. The second-order valence-corrected chi connectivity index (χ2v) is 27.9. The third-order valence-corrected chi connectivity index (χ3v) is 21.7. The van der Waals surface area contributed by atoms with Crippen molar-refractivity contribution >= 4 is 144 Å². The van der Waals surface area contributed by atoms with E-state index in [0.717, 1.165) is 113 Å². The van der Waals surface area contributed by atoms with Crippen molar-refractivity contribution in [2.24, 2.45) is 0 Å². The smallest absolute Gasteiger partial charge is 0.0540 e. The zero-order valence-electron chi connectivity index (χ0n) is 59.2. The molecule has 0 fully saturated rings. The SMILES string of the molecule is c1ccc(N(c2ccc(-c3cc(-c4ccc(N(c5ccccc5)c5cccc6ccccc56)cc4)c4ccc5c(-c6ccc(N(c7ccccc7)c7cccc8ccccc78)cc6)cc(-c6ccc(N(c7ccccc7)c7cccc8ccccc78)cc6)c6ccc3c4c65)cc2)c2cccc3ccccc23)cc1. The van der Waals surface area contributed by atoms with E-state index in [9.17, 15) is 0 Å². The molecule has 108 heavy (non-hydrogen) atoms. The number of rotatable bonds is 16. The van der Waals surface area contributed by atoms with E-state index in [1.165, 1.54) is 75.4 Å².